The Balaban J connectivity index is 1.41. The Hall–Kier alpha value is -3.20. The minimum absolute atomic E-state index is 0.0126. The number of imidazole rings is 1. The van der Waals surface area contributed by atoms with Crippen molar-refractivity contribution >= 4 is 33.2 Å². The first-order valence-corrected chi connectivity index (χ1v) is 12.7. The van der Waals surface area contributed by atoms with Crippen LogP contribution >= 0.6 is 11.6 Å². The molecule has 2 heterocycles. The van der Waals surface area contributed by atoms with E-state index < -0.39 is 15.9 Å². The van der Waals surface area contributed by atoms with Gasteiger partial charge in [-0.3, -0.25) is 4.79 Å². The van der Waals surface area contributed by atoms with Crippen LogP contribution in [0.4, 0.5) is 0 Å². The van der Waals surface area contributed by atoms with Crippen LogP contribution in [0.1, 0.15) is 35.0 Å². The third-order valence-electron chi connectivity index (χ3n) is 5.40. The molecule has 2 N–H and O–H groups in total. The number of rotatable bonds is 9. The average Bonchev–Trinajstić information content (AvgIpc) is 3.25. The van der Waals surface area contributed by atoms with Crippen molar-refractivity contribution < 1.29 is 13.2 Å². The van der Waals surface area contributed by atoms with Crippen LogP contribution in [0.2, 0.25) is 5.02 Å². The van der Waals surface area contributed by atoms with E-state index in [2.05, 4.69) is 15.0 Å². The molecule has 0 radical (unpaired) electrons. The van der Waals surface area contributed by atoms with Gasteiger partial charge in [0.15, 0.2) is 0 Å². The summed E-state index contributed by atoms with van der Waals surface area (Å²) < 4.78 is 30.4. The van der Waals surface area contributed by atoms with E-state index in [-0.39, 0.29) is 28.1 Å². The monoisotopic (exact) mass is 496 g/mol. The lowest BCUT2D eigenvalue weighted by atomic mass is 10.1. The average molecular weight is 497 g/mol. The topological polar surface area (TPSA) is 92.6 Å². The molecule has 0 aliphatic heterocycles. The molecule has 2 aromatic carbocycles. The normalized spacial score (nSPS) is 12.5. The molecule has 1 atom stereocenters. The number of aromatic nitrogens is 2. The van der Waals surface area contributed by atoms with E-state index in [0.717, 1.165) is 17.6 Å². The second kappa shape index (κ2) is 10.4. The molecule has 1 amide bonds. The number of sulfonamides is 1. The molecule has 0 bridgehead atoms. The molecule has 0 saturated carbocycles. The zero-order chi connectivity index (χ0) is 24.1. The van der Waals surface area contributed by atoms with Gasteiger partial charge in [-0.15, -0.1) is 0 Å². The number of fused-ring (bicyclic) bond motifs is 1. The number of aryl methyl sites for hydroxylation is 1. The number of hydrogen-bond acceptors (Lipinski definition) is 4. The van der Waals surface area contributed by atoms with E-state index in [1.54, 1.807) is 0 Å². The fourth-order valence-electron chi connectivity index (χ4n) is 3.60. The number of nitrogens with zero attached hydrogens (tertiary/aromatic N) is 2. The molecular formula is C25H25ClN4O3S. The first-order valence-electron chi connectivity index (χ1n) is 10.9. The summed E-state index contributed by atoms with van der Waals surface area (Å²) in [5, 5.41) is 2.93. The van der Waals surface area contributed by atoms with Crippen molar-refractivity contribution in [3.05, 3.63) is 101 Å². The third-order valence-corrected chi connectivity index (χ3v) is 7.32. The van der Waals surface area contributed by atoms with E-state index in [9.17, 15) is 13.2 Å². The SMILES string of the molecule is CC(CCc1ccccc1)NS(=O)(=O)c1ccc(Cl)c(C(=O)NCc2cn3ccccc3n2)c1. The summed E-state index contributed by atoms with van der Waals surface area (Å²) in [5.74, 6) is -0.476. The minimum Gasteiger partial charge on any atom is -0.346 e. The Bertz CT molecular complexity index is 1370. The van der Waals surface area contributed by atoms with Gasteiger partial charge in [0.1, 0.15) is 5.65 Å². The number of nitrogens with one attached hydrogen (secondary N) is 2. The summed E-state index contributed by atoms with van der Waals surface area (Å²) in [6.07, 6.45) is 5.08. The molecule has 4 aromatic rings. The van der Waals surface area contributed by atoms with E-state index in [4.69, 9.17) is 11.6 Å². The number of carbonyl (C=O) groups is 1. The summed E-state index contributed by atoms with van der Waals surface area (Å²) >= 11 is 6.21. The lowest BCUT2D eigenvalue weighted by molar-refractivity contribution is 0.0950. The quantitative estimate of drug-likeness (QED) is 0.363. The van der Waals surface area contributed by atoms with Crippen molar-refractivity contribution in [2.75, 3.05) is 0 Å². The van der Waals surface area contributed by atoms with Gasteiger partial charge in [0.05, 0.1) is 27.7 Å². The first kappa shape index (κ1) is 23.9. The Labute approximate surface area is 203 Å². The highest BCUT2D eigenvalue weighted by Gasteiger charge is 2.21. The summed E-state index contributed by atoms with van der Waals surface area (Å²) in [6, 6.07) is 19.4. The number of amides is 1. The van der Waals surface area contributed by atoms with Crippen LogP contribution in [0.5, 0.6) is 0 Å². The number of carbonyl (C=O) groups excluding carboxylic acids is 1. The highest BCUT2D eigenvalue weighted by atomic mass is 35.5. The Morgan fingerprint density at radius 3 is 2.62 bits per heavy atom. The molecule has 0 fully saturated rings. The van der Waals surface area contributed by atoms with E-state index in [0.29, 0.717) is 12.1 Å². The molecule has 0 aliphatic carbocycles. The Morgan fingerprint density at radius 1 is 1.09 bits per heavy atom. The van der Waals surface area contributed by atoms with Crippen molar-refractivity contribution in [1.82, 2.24) is 19.4 Å². The van der Waals surface area contributed by atoms with E-state index in [1.807, 2.05) is 72.2 Å². The van der Waals surface area contributed by atoms with Gasteiger partial charge in [0, 0.05) is 18.4 Å². The van der Waals surface area contributed by atoms with Gasteiger partial charge in [0.25, 0.3) is 5.91 Å². The standard InChI is InChI=1S/C25H25ClN4O3S/c1-18(10-11-19-7-3-2-4-8-19)29-34(32,33)21-12-13-23(26)22(15-21)25(31)27-16-20-17-30-14-6-5-9-24(30)28-20/h2-9,12-15,17-18,29H,10-11,16H2,1H3,(H,27,31). The highest BCUT2D eigenvalue weighted by Crippen LogP contribution is 2.21. The smallest absolute Gasteiger partial charge is 0.253 e. The predicted octanol–water partition coefficient (Wildman–Crippen LogP) is 4.22. The van der Waals surface area contributed by atoms with Crippen molar-refractivity contribution in [2.24, 2.45) is 0 Å². The van der Waals surface area contributed by atoms with Gasteiger partial charge in [-0.05, 0) is 55.7 Å². The summed E-state index contributed by atoms with van der Waals surface area (Å²) in [5.41, 5.74) is 2.67. The number of halogens is 1. The molecule has 0 saturated heterocycles. The zero-order valence-electron chi connectivity index (χ0n) is 18.6. The largest absolute Gasteiger partial charge is 0.346 e. The maximum absolute atomic E-state index is 12.9. The predicted molar refractivity (Wildman–Crippen MR) is 132 cm³/mol. The second-order valence-corrected chi connectivity index (χ2v) is 10.2. The van der Waals surface area contributed by atoms with Crippen LogP contribution in [0.3, 0.4) is 0 Å². The van der Waals surface area contributed by atoms with Gasteiger partial charge in [-0.1, -0.05) is 48.0 Å². The van der Waals surface area contributed by atoms with E-state index >= 15 is 0 Å². The summed E-state index contributed by atoms with van der Waals surface area (Å²) in [4.78, 5) is 17.2. The van der Waals surface area contributed by atoms with Crippen LogP contribution in [-0.4, -0.2) is 29.8 Å². The zero-order valence-corrected chi connectivity index (χ0v) is 20.2. The van der Waals surface area contributed by atoms with Crippen LogP contribution in [0, 0.1) is 0 Å². The molecule has 2 aromatic heterocycles. The van der Waals surface area contributed by atoms with E-state index in [1.165, 1.54) is 18.2 Å². The third kappa shape index (κ3) is 5.83. The highest BCUT2D eigenvalue weighted by molar-refractivity contribution is 7.89. The maximum Gasteiger partial charge on any atom is 0.253 e. The van der Waals surface area contributed by atoms with Crippen molar-refractivity contribution in [1.29, 1.82) is 0 Å². The van der Waals surface area contributed by atoms with Gasteiger partial charge >= 0.3 is 0 Å². The molecular weight excluding hydrogens is 472 g/mol. The minimum atomic E-state index is -3.83. The molecule has 1 unspecified atom stereocenters. The molecule has 0 aliphatic rings. The van der Waals surface area contributed by atoms with Crippen molar-refractivity contribution in [3.8, 4) is 0 Å². The van der Waals surface area contributed by atoms with Crippen LogP contribution in [0.15, 0.2) is 84.0 Å². The molecule has 34 heavy (non-hydrogen) atoms. The molecule has 4 rings (SSSR count). The second-order valence-electron chi connectivity index (χ2n) is 8.07. The summed E-state index contributed by atoms with van der Waals surface area (Å²) in [7, 11) is -3.83. The lowest BCUT2D eigenvalue weighted by Crippen LogP contribution is -2.33. The summed E-state index contributed by atoms with van der Waals surface area (Å²) in [6.45, 7) is 2.00. The molecule has 7 nitrogen and oxygen atoms in total. The fourth-order valence-corrected chi connectivity index (χ4v) is 5.11. The van der Waals surface area contributed by atoms with Crippen LogP contribution < -0.4 is 10.0 Å². The fraction of sp³-hybridized carbons (Fsp3) is 0.200. The number of pyridine rings is 1. The Kier molecular flexibility index (Phi) is 7.31. The first-order chi connectivity index (χ1) is 16.3. The lowest BCUT2D eigenvalue weighted by Gasteiger charge is -2.15. The van der Waals surface area contributed by atoms with Gasteiger partial charge in [-0.25, -0.2) is 18.1 Å². The number of hydrogen-bond donors (Lipinski definition) is 2. The van der Waals surface area contributed by atoms with Crippen molar-refractivity contribution in [2.45, 2.75) is 37.2 Å². The van der Waals surface area contributed by atoms with Gasteiger partial charge in [0.2, 0.25) is 10.0 Å². The molecule has 176 valence electrons. The van der Waals surface area contributed by atoms with Crippen molar-refractivity contribution in [3.63, 3.8) is 0 Å². The maximum atomic E-state index is 12.9. The van der Waals surface area contributed by atoms with Gasteiger partial charge in [-0.2, -0.15) is 0 Å². The van der Waals surface area contributed by atoms with Crippen LogP contribution in [0.25, 0.3) is 5.65 Å². The molecule has 9 heteroatoms. The molecule has 0 spiro atoms. The van der Waals surface area contributed by atoms with Crippen LogP contribution in [-0.2, 0) is 23.0 Å². The van der Waals surface area contributed by atoms with Gasteiger partial charge < -0.3 is 9.72 Å². The number of benzene rings is 2. The Morgan fingerprint density at radius 2 is 1.85 bits per heavy atom.